The van der Waals surface area contributed by atoms with Crippen LogP contribution in [0.5, 0.6) is 5.75 Å². The average Bonchev–Trinajstić information content (AvgIpc) is 2.93. The third-order valence-corrected chi connectivity index (χ3v) is 3.96. The van der Waals surface area contributed by atoms with Crippen molar-refractivity contribution in [1.29, 1.82) is 0 Å². The van der Waals surface area contributed by atoms with Crippen LogP contribution < -0.4 is 10.1 Å². The van der Waals surface area contributed by atoms with Crippen LogP contribution in [0.4, 0.5) is 0 Å². The van der Waals surface area contributed by atoms with Gasteiger partial charge in [-0.1, -0.05) is 12.1 Å². The third-order valence-electron chi connectivity index (χ3n) is 3.96. The van der Waals surface area contributed by atoms with E-state index in [0.717, 1.165) is 25.3 Å². The number of rotatable bonds is 4. The number of aryl methyl sites for hydroxylation is 1. The lowest BCUT2D eigenvalue weighted by Crippen LogP contribution is -2.18. The minimum Gasteiger partial charge on any atom is -0.493 e. The number of ether oxygens (including phenoxy) is 1. The van der Waals surface area contributed by atoms with E-state index in [9.17, 15) is 0 Å². The maximum absolute atomic E-state index is 5.55. The highest BCUT2D eigenvalue weighted by Gasteiger charge is 2.14. The van der Waals surface area contributed by atoms with Crippen molar-refractivity contribution in [3.8, 4) is 5.75 Å². The minimum atomic E-state index is 0.320. The molecule has 0 bridgehead atoms. The van der Waals surface area contributed by atoms with E-state index in [-0.39, 0.29) is 0 Å². The Labute approximate surface area is 120 Å². The summed E-state index contributed by atoms with van der Waals surface area (Å²) in [6, 6.07) is 8.87. The van der Waals surface area contributed by atoms with Gasteiger partial charge in [0.05, 0.1) is 6.61 Å². The molecule has 1 atom stereocenters. The molecule has 2 heterocycles. The summed E-state index contributed by atoms with van der Waals surface area (Å²) in [6.07, 6.45) is 4.80. The first-order chi connectivity index (χ1) is 9.74. The summed E-state index contributed by atoms with van der Waals surface area (Å²) >= 11 is 0. The summed E-state index contributed by atoms with van der Waals surface area (Å²) in [4.78, 5) is 4.19. The number of benzene rings is 1. The van der Waals surface area contributed by atoms with Gasteiger partial charge in [-0.15, -0.1) is 0 Å². The van der Waals surface area contributed by atoms with Crippen LogP contribution in [0.3, 0.4) is 0 Å². The van der Waals surface area contributed by atoms with Crippen molar-refractivity contribution in [2.75, 3.05) is 6.61 Å². The van der Waals surface area contributed by atoms with Crippen molar-refractivity contribution < 1.29 is 4.74 Å². The Morgan fingerprint density at radius 1 is 1.35 bits per heavy atom. The number of nitrogens with one attached hydrogen (secondary N) is 1. The molecule has 0 fully saturated rings. The number of fused-ring (bicyclic) bond motifs is 1. The maximum Gasteiger partial charge on any atom is 0.122 e. The Morgan fingerprint density at radius 2 is 2.25 bits per heavy atom. The van der Waals surface area contributed by atoms with Gasteiger partial charge in [0, 0.05) is 31.4 Å². The van der Waals surface area contributed by atoms with Gasteiger partial charge in [0.15, 0.2) is 0 Å². The van der Waals surface area contributed by atoms with Gasteiger partial charge >= 0.3 is 0 Å². The topological polar surface area (TPSA) is 34.2 Å². The number of pyridine rings is 1. The van der Waals surface area contributed by atoms with Crippen molar-refractivity contribution in [3.63, 3.8) is 0 Å². The van der Waals surface area contributed by atoms with Crippen LogP contribution in [-0.4, -0.2) is 11.6 Å². The Morgan fingerprint density at radius 3 is 3.10 bits per heavy atom. The number of aromatic nitrogens is 1. The second-order valence-corrected chi connectivity index (χ2v) is 5.37. The highest BCUT2D eigenvalue weighted by atomic mass is 16.5. The standard InChI is InChI=1S/C17H20N2O/c1-12-5-7-18-10-16(12)11-19-13(2)14-3-4-17-15(9-14)6-8-20-17/h3-5,7,9-10,13,19H,6,8,11H2,1-2H3. The molecule has 0 radical (unpaired) electrons. The highest BCUT2D eigenvalue weighted by molar-refractivity contribution is 5.40. The van der Waals surface area contributed by atoms with Gasteiger partial charge in [-0.05, 0) is 48.2 Å². The van der Waals surface area contributed by atoms with E-state index in [1.54, 1.807) is 0 Å². The fraction of sp³-hybridized carbons (Fsp3) is 0.353. The van der Waals surface area contributed by atoms with E-state index in [1.807, 2.05) is 12.4 Å². The fourth-order valence-electron chi connectivity index (χ4n) is 2.54. The SMILES string of the molecule is Cc1ccncc1CNC(C)c1ccc2c(c1)CCO2. The number of nitrogens with zero attached hydrogens (tertiary/aromatic N) is 1. The Bertz CT molecular complexity index is 610. The quantitative estimate of drug-likeness (QED) is 0.924. The summed E-state index contributed by atoms with van der Waals surface area (Å²) in [6.45, 7) is 5.98. The van der Waals surface area contributed by atoms with E-state index in [1.165, 1.54) is 22.3 Å². The van der Waals surface area contributed by atoms with E-state index >= 15 is 0 Å². The molecule has 1 aliphatic heterocycles. The van der Waals surface area contributed by atoms with Crippen LogP contribution in [0, 0.1) is 6.92 Å². The molecule has 3 heteroatoms. The second kappa shape index (κ2) is 5.63. The Kier molecular flexibility index (Phi) is 3.70. The van der Waals surface area contributed by atoms with Crippen molar-refractivity contribution in [3.05, 3.63) is 58.9 Å². The third kappa shape index (κ3) is 2.68. The maximum atomic E-state index is 5.55. The van der Waals surface area contributed by atoms with Crippen molar-refractivity contribution in [2.45, 2.75) is 32.9 Å². The summed E-state index contributed by atoms with van der Waals surface area (Å²) < 4.78 is 5.55. The van der Waals surface area contributed by atoms with Crippen molar-refractivity contribution in [2.24, 2.45) is 0 Å². The molecule has 1 N–H and O–H groups in total. The molecule has 0 saturated carbocycles. The van der Waals surface area contributed by atoms with Crippen LogP contribution in [0.25, 0.3) is 0 Å². The second-order valence-electron chi connectivity index (χ2n) is 5.37. The molecule has 0 aliphatic carbocycles. The minimum absolute atomic E-state index is 0.320. The van der Waals surface area contributed by atoms with E-state index in [2.05, 4.69) is 48.4 Å². The molecule has 1 unspecified atom stereocenters. The van der Waals surface area contributed by atoms with Crippen LogP contribution >= 0.6 is 0 Å². The van der Waals surface area contributed by atoms with Gasteiger partial charge < -0.3 is 10.1 Å². The smallest absolute Gasteiger partial charge is 0.122 e. The first-order valence-electron chi connectivity index (χ1n) is 7.12. The largest absolute Gasteiger partial charge is 0.493 e. The predicted octanol–water partition coefficient (Wildman–Crippen LogP) is 3.18. The molecular weight excluding hydrogens is 248 g/mol. The molecule has 1 aliphatic rings. The zero-order chi connectivity index (χ0) is 13.9. The fourth-order valence-corrected chi connectivity index (χ4v) is 2.54. The molecule has 0 spiro atoms. The van der Waals surface area contributed by atoms with Gasteiger partial charge in [0.2, 0.25) is 0 Å². The molecular formula is C17H20N2O. The normalized spacial score (nSPS) is 14.7. The zero-order valence-corrected chi connectivity index (χ0v) is 12.0. The van der Waals surface area contributed by atoms with Crippen LogP contribution in [0.15, 0.2) is 36.7 Å². The molecule has 3 rings (SSSR count). The molecule has 1 aromatic heterocycles. The number of hydrogen-bond acceptors (Lipinski definition) is 3. The predicted molar refractivity (Wildman–Crippen MR) is 79.9 cm³/mol. The van der Waals surface area contributed by atoms with E-state index in [0.29, 0.717) is 6.04 Å². The van der Waals surface area contributed by atoms with Gasteiger partial charge in [-0.2, -0.15) is 0 Å². The average molecular weight is 268 g/mol. The van der Waals surface area contributed by atoms with Gasteiger partial charge in [0.1, 0.15) is 5.75 Å². The lowest BCUT2D eigenvalue weighted by Gasteiger charge is -2.16. The zero-order valence-electron chi connectivity index (χ0n) is 12.0. The molecule has 20 heavy (non-hydrogen) atoms. The van der Waals surface area contributed by atoms with Crippen molar-refractivity contribution >= 4 is 0 Å². The van der Waals surface area contributed by atoms with E-state index in [4.69, 9.17) is 4.74 Å². The summed E-state index contributed by atoms with van der Waals surface area (Å²) in [7, 11) is 0. The van der Waals surface area contributed by atoms with Gasteiger partial charge in [-0.3, -0.25) is 4.98 Å². The lowest BCUT2D eigenvalue weighted by molar-refractivity contribution is 0.356. The van der Waals surface area contributed by atoms with Crippen LogP contribution in [-0.2, 0) is 13.0 Å². The monoisotopic (exact) mass is 268 g/mol. The molecule has 2 aromatic rings. The molecule has 1 aromatic carbocycles. The molecule has 0 saturated heterocycles. The van der Waals surface area contributed by atoms with Crippen LogP contribution in [0.1, 0.15) is 35.2 Å². The summed E-state index contributed by atoms with van der Waals surface area (Å²) in [5, 5.41) is 3.57. The van der Waals surface area contributed by atoms with Gasteiger partial charge in [-0.25, -0.2) is 0 Å². The van der Waals surface area contributed by atoms with E-state index < -0.39 is 0 Å². The first kappa shape index (κ1) is 13.1. The molecule has 104 valence electrons. The van der Waals surface area contributed by atoms with Gasteiger partial charge in [0.25, 0.3) is 0 Å². The highest BCUT2D eigenvalue weighted by Crippen LogP contribution is 2.28. The number of hydrogen-bond donors (Lipinski definition) is 1. The first-order valence-corrected chi connectivity index (χ1v) is 7.12. The Hall–Kier alpha value is -1.87. The Balaban J connectivity index is 1.67. The van der Waals surface area contributed by atoms with Crippen LogP contribution in [0.2, 0.25) is 0 Å². The summed E-state index contributed by atoms with van der Waals surface area (Å²) in [5.74, 6) is 1.05. The molecule has 3 nitrogen and oxygen atoms in total. The molecule has 0 amide bonds. The summed E-state index contributed by atoms with van der Waals surface area (Å²) in [5.41, 5.74) is 5.18. The van der Waals surface area contributed by atoms with Crippen molar-refractivity contribution in [1.82, 2.24) is 10.3 Å². The lowest BCUT2D eigenvalue weighted by atomic mass is 10.0.